The number of hydrogen-bond acceptors (Lipinski definition) is 4. The standard InChI is InChI=1S/C15H25N3O2S.HI/c1-6-20-14-9-12(7-8-13(14)19-4)18-15(16-3)17-10-11(2)21-5;/h7-9,11H,6,10H2,1-5H3,(H2,16,17,18);1H. The van der Waals surface area contributed by atoms with Crippen LogP contribution in [-0.4, -0.2) is 44.8 Å². The average Bonchev–Trinajstić information content (AvgIpc) is 2.51. The number of nitrogens with one attached hydrogen (secondary N) is 2. The summed E-state index contributed by atoms with van der Waals surface area (Å²) >= 11 is 1.82. The number of hydrogen-bond donors (Lipinski definition) is 2. The van der Waals surface area contributed by atoms with E-state index in [0.29, 0.717) is 11.9 Å². The van der Waals surface area contributed by atoms with Crippen LogP contribution < -0.4 is 20.1 Å². The van der Waals surface area contributed by atoms with Gasteiger partial charge in [0.1, 0.15) is 0 Å². The minimum atomic E-state index is 0. The van der Waals surface area contributed by atoms with E-state index >= 15 is 0 Å². The average molecular weight is 439 g/mol. The fourth-order valence-corrected chi connectivity index (χ4v) is 1.91. The van der Waals surface area contributed by atoms with Gasteiger partial charge >= 0.3 is 0 Å². The molecule has 1 aromatic rings. The summed E-state index contributed by atoms with van der Waals surface area (Å²) in [6.45, 7) is 5.57. The number of methoxy groups -OCH3 is 1. The lowest BCUT2D eigenvalue weighted by atomic mass is 10.2. The minimum absolute atomic E-state index is 0. The molecule has 5 nitrogen and oxygen atoms in total. The number of anilines is 1. The van der Waals surface area contributed by atoms with Crippen LogP contribution in [0, 0.1) is 0 Å². The largest absolute Gasteiger partial charge is 0.493 e. The van der Waals surface area contributed by atoms with Gasteiger partial charge in [-0.3, -0.25) is 4.99 Å². The smallest absolute Gasteiger partial charge is 0.195 e. The van der Waals surface area contributed by atoms with Crippen LogP contribution in [0.25, 0.3) is 0 Å². The van der Waals surface area contributed by atoms with Gasteiger partial charge in [-0.25, -0.2) is 0 Å². The molecule has 22 heavy (non-hydrogen) atoms. The molecule has 0 bridgehead atoms. The van der Waals surface area contributed by atoms with Crippen LogP contribution in [0.1, 0.15) is 13.8 Å². The summed E-state index contributed by atoms with van der Waals surface area (Å²) in [5.74, 6) is 2.18. The fraction of sp³-hybridized carbons (Fsp3) is 0.533. The Labute approximate surface area is 154 Å². The molecule has 1 unspecified atom stereocenters. The fourth-order valence-electron chi connectivity index (χ4n) is 1.66. The zero-order valence-corrected chi connectivity index (χ0v) is 17.0. The molecule has 0 aliphatic rings. The van der Waals surface area contributed by atoms with Crippen molar-refractivity contribution in [1.82, 2.24) is 5.32 Å². The summed E-state index contributed by atoms with van der Waals surface area (Å²) in [5.41, 5.74) is 0.907. The Kier molecular flexibility index (Phi) is 11.3. The molecule has 0 aliphatic heterocycles. The monoisotopic (exact) mass is 439 g/mol. The van der Waals surface area contributed by atoms with Crippen LogP contribution in [0.15, 0.2) is 23.2 Å². The second-order valence-corrected chi connectivity index (χ2v) is 5.70. The van der Waals surface area contributed by atoms with E-state index in [2.05, 4.69) is 28.8 Å². The predicted octanol–water partition coefficient (Wildman–Crippen LogP) is 3.45. The summed E-state index contributed by atoms with van der Waals surface area (Å²) in [4.78, 5) is 4.22. The molecule has 0 radical (unpaired) electrons. The van der Waals surface area contributed by atoms with Crippen LogP contribution in [-0.2, 0) is 0 Å². The maximum atomic E-state index is 5.57. The molecule has 0 saturated heterocycles. The van der Waals surface area contributed by atoms with Gasteiger partial charge in [0, 0.05) is 30.6 Å². The number of ether oxygens (including phenoxy) is 2. The van der Waals surface area contributed by atoms with Crippen molar-refractivity contribution in [3.05, 3.63) is 18.2 Å². The number of halogens is 1. The molecule has 0 aliphatic carbocycles. The highest BCUT2D eigenvalue weighted by Crippen LogP contribution is 2.30. The maximum Gasteiger partial charge on any atom is 0.195 e. The summed E-state index contributed by atoms with van der Waals surface area (Å²) in [6.07, 6.45) is 2.10. The lowest BCUT2D eigenvalue weighted by Gasteiger charge is -2.16. The van der Waals surface area contributed by atoms with E-state index in [4.69, 9.17) is 9.47 Å². The molecular weight excluding hydrogens is 413 g/mol. The van der Waals surface area contributed by atoms with Crippen LogP contribution in [0.2, 0.25) is 0 Å². The molecule has 0 saturated carbocycles. The topological polar surface area (TPSA) is 54.9 Å². The number of guanidine groups is 1. The van der Waals surface area contributed by atoms with Crippen molar-refractivity contribution in [3.8, 4) is 11.5 Å². The van der Waals surface area contributed by atoms with Gasteiger partial charge in [0.2, 0.25) is 0 Å². The van der Waals surface area contributed by atoms with E-state index < -0.39 is 0 Å². The summed E-state index contributed by atoms with van der Waals surface area (Å²) in [5, 5.41) is 7.07. The first kappa shape index (κ1) is 21.2. The molecule has 0 spiro atoms. The Hall–Kier alpha value is -0.830. The highest BCUT2D eigenvalue weighted by Gasteiger charge is 2.07. The Balaban J connectivity index is 0.00000441. The van der Waals surface area contributed by atoms with Crippen molar-refractivity contribution in [1.29, 1.82) is 0 Å². The molecule has 1 aromatic carbocycles. The first-order valence-electron chi connectivity index (χ1n) is 6.95. The summed E-state index contributed by atoms with van der Waals surface area (Å²) in [6, 6.07) is 5.73. The Morgan fingerprint density at radius 1 is 1.36 bits per heavy atom. The quantitative estimate of drug-likeness (QED) is 0.387. The SMILES string of the molecule is CCOc1cc(NC(=NC)NCC(C)SC)ccc1OC.I. The first-order valence-corrected chi connectivity index (χ1v) is 8.24. The van der Waals surface area contributed by atoms with Crippen molar-refractivity contribution >= 4 is 47.4 Å². The van der Waals surface area contributed by atoms with Gasteiger partial charge in [0.05, 0.1) is 13.7 Å². The predicted molar refractivity (Wildman–Crippen MR) is 108 cm³/mol. The van der Waals surface area contributed by atoms with Gasteiger partial charge in [0.25, 0.3) is 0 Å². The van der Waals surface area contributed by atoms with Crippen molar-refractivity contribution in [2.75, 3.05) is 38.9 Å². The zero-order chi connectivity index (χ0) is 15.7. The summed E-state index contributed by atoms with van der Waals surface area (Å²) < 4.78 is 10.8. The lowest BCUT2D eigenvalue weighted by Crippen LogP contribution is -2.34. The second kappa shape index (κ2) is 11.7. The number of aliphatic imine (C=N–C) groups is 1. The van der Waals surface area contributed by atoms with Crippen molar-refractivity contribution in [3.63, 3.8) is 0 Å². The lowest BCUT2D eigenvalue weighted by molar-refractivity contribution is 0.311. The molecule has 1 atom stereocenters. The molecule has 1 rings (SSSR count). The highest BCUT2D eigenvalue weighted by atomic mass is 127. The maximum absolute atomic E-state index is 5.57. The number of thioether (sulfide) groups is 1. The van der Waals surface area contributed by atoms with Crippen molar-refractivity contribution in [2.45, 2.75) is 19.1 Å². The molecule has 7 heteroatoms. The van der Waals surface area contributed by atoms with E-state index in [0.717, 1.165) is 29.7 Å². The molecular formula is C15H26IN3O2S. The summed E-state index contributed by atoms with van der Waals surface area (Å²) in [7, 11) is 3.39. The second-order valence-electron chi connectivity index (χ2n) is 4.42. The Morgan fingerprint density at radius 2 is 2.09 bits per heavy atom. The van der Waals surface area contributed by atoms with Crippen molar-refractivity contribution in [2.24, 2.45) is 4.99 Å². The normalized spacial score (nSPS) is 12.1. The van der Waals surface area contributed by atoms with Crippen LogP contribution in [0.4, 0.5) is 5.69 Å². The van der Waals surface area contributed by atoms with Gasteiger partial charge < -0.3 is 20.1 Å². The van der Waals surface area contributed by atoms with Gasteiger partial charge in [-0.15, -0.1) is 24.0 Å². The third kappa shape index (κ3) is 6.95. The van der Waals surface area contributed by atoms with Gasteiger partial charge in [0.15, 0.2) is 17.5 Å². The van der Waals surface area contributed by atoms with E-state index in [1.165, 1.54) is 0 Å². The Bertz CT molecular complexity index is 472. The Morgan fingerprint density at radius 3 is 2.64 bits per heavy atom. The molecule has 0 heterocycles. The van der Waals surface area contributed by atoms with Crippen LogP contribution in [0.3, 0.4) is 0 Å². The molecule has 126 valence electrons. The van der Waals surface area contributed by atoms with Crippen LogP contribution >= 0.6 is 35.7 Å². The van der Waals surface area contributed by atoms with E-state index in [1.807, 2.05) is 36.9 Å². The number of benzene rings is 1. The van der Waals surface area contributed by atoms with Crippen LogP contribution in [0.5, 0.6) is 11.5 Å². The highest BCUT2D eigenvalue weighted by molar-refractivity contribution is 14.0. The van der Waals surface area contributed by atoms with Gasteiger partial charge in [-0.2, -0.15) is 11.8 Å². The van der Waals surface area contributed by atoms with Gasteiger partial charge in [-0.05, 0) is 25.3 Å². The minimum Gasteiger partial charge on any atom is -0.493 e. The third-order valence-electron chi connectivity index (χ3n) is 2.91. The molecule has 0 amide bonds. The first-order chi connectivity index (χ1) is 10.1. The van der Waals surface area contributed by atoms with E-state index in [1.54, 1.807) is 14.2 Å². The van der Waals surface area contributed by atoms with Crippen molar-refractivity contribution < 1.29 is 9.47 Å². The number of rotatable bonds is 7. The zero-order valence-electron chi connectivity index (χ0n) is 13.8. The van der Waals surface area contributed by atoms with Gasteiger partial charge in [-0.1, -0.05) is 6.92 Å². The van der Waals surface area contributed by atoms with E-state index in [9.17, 15) is 0 Å². The molecule has 2 N–H and O–H groups in total. The number of nitrogens with zero attached hydrogens (tertiary/aromatic N) is 1. The van der Waals surface area contributed by atoms with E-state index in [-0.39, 0.29) is 24.0 Å². The molecule has 0 fully saturated rings. The molecule has 0 aromatic heterocycles. The third-order valence-corrected chi connectivity index (χ3v) is 3.88.